The van der Waals surface area contributed by atoms with E-state index in [0.29, 0.717) is 6.42 Å². The summed E-state index contributed by atoms with van der Waals surface area (Å²) >= 11 is 0. The van der Waals surface area contributed by atoms with Crippen LogP contribution >= 0.6 is 0 Å². The molecule has 0 aliphatic heterocycles. The Hall–Kier alpha value is -1.06. The second kappa shape index (κ2) is 4.71. The highest BCUT2D eigenvalue weighted by Crippen LogP contribution is 2.08. The van der Waals surface area contributed by atoms with Crippen LogP contribution in [-0.4, -0.2) is 17.0 Å². The molecule has 0 bridgehead atoms. The first kappa shape index (κ1) is 9.94. The second-order valence-corrected chi connectivity index (χ2v) is 2.71. The second-order valence-electron chi connectivity index (χ2n) is 2.71. The van der Waals surface area contributed by atoms with Crippen LogP contribution in [0.5, 0.6) is 0 Å². The van der Waals surface area contributed by atoms with Crippen molar-refractivity contribution in [1.29, 1.82) is 0 Å². The van der Waals surface area contributed by atoms with E-state index in [1.165, 1.54) is 0 Å². The molecule has 0 rings (SSSR count). The zero-order valence-electron chi connectivity index (χ0n) is 6.54. The van der Waals surface area contributed by atoms with Crippen LogP contribution in [0.2, 0.25) is 0 Å². The summed E-state index contributed by atoms with van der Waals surface area (Å²) in [6.45, 7) is 1.81. The molecule has 11 heavy (non-hydrogen) atoms. The molecule has 0 radical (unpaired) electrons. The van der Waals surface area contributed by atoms with E-state index >= 15 is 0 Å². The first-order valence-corrected chi connectivity index (χ1v) is 3.52. The molecular formula is C7H13NO3. The van der Waals surface area contributed by atoms with E-state index in [9.17, 15) is 9.59 Å². The van der Waals surface area contributed by atoms with E-state index in [1.54, 1.807) is 0 Å². The van der Waals surface area contributed by atoms with Gasteiger partial charge in [-0.1, -0.05) is 6.92 Å². The Bertz CT molecular complexity index is 156. The lowest BCUT2D eigenvalue weighted by Gasteiger charge is -2.05. The molecule has 3 N–H and O–H groups in total. The van der Waals surface area contributed by atoms with E-state index in [-0.39, 0.29) is 24.7 Å². The summed E-state index contributed by atoms with van der Waals surface area (Å²) < 4.78 is 0. The van der Waals surface area contributed by atoms with Crippen LogP contribution < -0.4 is 5.73 Å². The first-order chi connectivity index (χ1) is 5.02. The molecule has 4 heteroatoms. The number of primary amides is 1. The molecule has 0 fully saturated rings. The van der Waals surface area contributed by atoms with Gasteiger partial charge in [-0.3, -0.25) is 9.59 Å². The number of carbonyl (C=O) groups is 2. The fourth-order valence-electron chi connectivity index (χ4n) is 0.815. The van der Waals surface area contributed by atoms with Gasteiger partial charge in [-0.25, -0.2) is 0 Å². The van der Waals surface area contributed by atoms with Crippen molar-refractivity contribution < 1.29 is 14.7 Å². The molecule has 0 saturated carbocycles. The minimum Gasteiger partial charge on any atom is -0.481 e. The standard InChI is InChI=1S/C7H13NO3/c1-5(4-6(8)9)2-3-7(10)11/h5H,2-4H2,1H3,(H2,8,9)(H,10,11)/t5-/m1/s1. The maximum atomic E-state index is 10.3. The van der Waals surface area contributed by atoms with Gasteiger partial charge in [0.05, 0.1) is 0 Å². The number of rotatable bonds is 5. The van der Waals surface area contributed by atoms with E-state index in [4.69, 9.17) is 10.8 Å². The summed E-state index contributed by atoms with van der Waals surface area (Å²) in [5.74, 6) is -1.13. The van der Waals surface area contributed by atoms with Crippen LogP contribution in [0.15, 0.2) is 0 Å². The van der Waals surface area contributed by atoms with Crippen molar-refractivity contribution in [2.24, 2.45) is 11.7 Å². The number of carbonyl (C=O) groups excluding carboxylic acids is 1. The lowest BCUT2D eigenvalue weighted by atomic mass is 10.0. The maximum absolute atomic E-state index is 10.3. The molecule has 1 amide bonds. The summed E-state index contributed by atoms with van der Waals surface area (Å²) in [6, 6.07) is 0. The average molecular weight is 159 g/mol. The molecule has 0 heterocycles. The highest BCUT2D eigenvalue weighted by molar-refractivity contribution is 5.74. The Balaban J connectivity index is 3.44. The van der Waals surface area contributed by atoms with Crippen molar-refractivity contribution in [3.63, 3.8) is 0 Å². The number of aliphatic carboxylic acids is 1. The van der Waals surface area contributed by atoms with E-state index in [0.717, 1.165) is 0 Å². The average Bonchev–Trinajstić information content (AvgIpc) is 1.82. The Labute approximate surface area is 65.4 Å². The quantitative estimate of drug-likeness (QED) is 0.607. The van der Waals surface area contributed by atoms with Gasteiger partial charge in [-0.15, -0.1) is 0 Å². The van der Waals surface area contributed by atoms with E-state index in [2.05, 4.69) is 0 Å². The summed E-state index contributed by atoms with van der Waals surface area (Å²) in [5.41, 5.74) is 4.91. The topological polar surface area (TPSA) is 80.4 Å². The van der Waals surface area contributed by atoms with Crippen molar-refractivity contribution in [3.8, 4) is 0 Å². The Morgan fingerprint density at radius 1 is 1.55 bits per heavy atom. The van der Waals surface area contributed by atoms with Crippen molar-refractivity contribution in [3.05, 3.63) is 0 Å². The van der Waals surface area contributed by atoms with Crippen molar-refractivity contribution in [2.75, 3.05) is 0 Å². The Kier molecular flexibility index (Phi) is 4.26. The highest BCUT2D eigenvalue weighted by atomic mass is 16.4. The van der Waals surface area contributed by atoms with Gasteiger partial charge < -0.3 is 10.8 Å². The third kappa shape index (κ3) is 6.83. The Morgan fingerprint density at radius 3 is 2.45 bits per heavy atom. The monoisotopic (exact) mass is 159 g/mol. The zero-order valence-corrected chi connectivity index (χ0v) is 6.54. The first-order valence-electron chi connectivity index (χ1n) is 3.52. The Morgan fingerprint density at radius 2 is 2.09 bits per heavy atom. The molecule has 1 atom stereocenters. The molecule has 0 unspecified atom stereocenters. The minimum absolute atomic E-state index is 0.0728. The number of carboxylic acid groups (broad SMARTS) is 1. The van der Waals surface area contributed by atoms with Crippen LogP contribution in [0.1, 0.15) is 26.2 Å². The van der Waals surface area contributed by atoms with Gasteiger partial charge in [-0.2, -0.15) is 0 Å². The normalized spacial score (nSPS) is 12.5. The van der Waals surface area contributed by atoms with Gasteiger partial charge in [0.1, 0.15) is 0 Å². The molecule has 0 aromatic rings. The van der Waals surface area contributed by atoms with Crippen molar-refractivity contribution >= 4 is 11.9 Å². The lowest BCUT2D eigenvalue weighted by molar-refractivity contribution is -0.137. The van der Waals surface area contributed by atoms with Gasteiger partial charge in [0, 0.05) is 12.8 Å². The number of carboxylic acids is 1. The van der Waals surface area contributed by atoms with Crippen LogP contribution in [0.25, 0.3) is 0 Å². The molecule has 0 aliphatic carbocycles. The van der Waals surface area contributed by atoms with E-state index < -0.39 is 5.97 Å². The fraction of sp³-hybridized carbons (Fsp3) is 0.714. The fourth-order valence-corrected chi connectivity index (χ4v) is 0.815. The molecule has 0 aliphatic rings. The molecule has 0 aromatic heterocycles. The predicted octanol–water partition coefficient (Wildman–Crippen LogP) is 0.363. The van der Waals surface area contributed by atoms with Gasteiger partial charge in [0.25, 0.3) is 0 Å². The molecule has 0 saturated heterocycles. The molecule has 4 nitrogen and oxygen atoms in total. The highest BCUT2D eigenvalue weighted by Gasteiger charge is 2.07. The van der Waals surface area contributed by atoms with Crippen LogP contribution in [-0.2, 0) is 9.59 Å². The largest absolute Gasteiger partial charge is 0.481 e. The van der Waals surface area contributed by atoms with Crippen LogP contribution in [0, 0.1) is 5.92 Å². The molecule has 64 valence electrons. The summed E-state index contributed by atoms with van der Waals surface area (Å²) in [5, 5.41) is 8.28. The van der Waals surface area contributed by atoms with Crippen molar-refractivity contribution in [1.82, 2.24) is 0 Å². The summed E-state index contributed by atoms with van der Waals surface area (Å²) in [7, 11) is 0. The lowest BCUT2D eigenvalue weighted by Crippen LogP contribution is -2.15. The smallest absolute Gasteiger partial charge is 0.303 e. The molecular weight excluding hydrogens is 146 g/mol. The zero-order chi connectivity index (χ0) is 8.85. The number of hydrogen-bond acceptors (Lipinski definition) is 2. The molecule has 0 aromatic carbocycles. The number of amides is 1. The van der Waals surface area contributed by atoms with E-state index in [1.807, 2.05) is 6.92 Å². The van der Waals surface area contributed by atoms with Gasteiger partial charge >= 0.3 is 5.97 Å². The van der Waals surface area contributed by atoms with Crippen LogP contribution in [0.4, 0.5) is 0 Å². The molecule has 0 spiro atoms. The van der Waals surface area contributed by atoms with Gasteiger partial charge in [0.2, 0.25) is 5.91 Å². The van der Waals surface area contributed by atoms with Crippen molar-refractivity contribution in [2.45, 2.75) is 26.2 Å². The third-order valence-electron chi connectivity index (χ3n) is 1.40. The number of hydrogen-bond donors (Lipinski definition) is 2. The minimum atomic E-state index is -0.832. The third-order valence-corrected chi connectivity index (χ3v) is 1.40. The predicted molar refractivity (Wildman–Crippen MR) is 39.8 cm³/mol. The summed E-state index contributed by atoms with van der Waals surface area (Å²) in [6.07, 6.45) is 0.889. The van der Waals surface area contributed by atoms with Gasteiger partial charge in [0.15, 0.2) is 0 Å². The summed E-state index contributed by atoms with van der Waals surface area (Å²) in [4.78, 5) is 20.4. The van der Waals surface area contributed by atoms with Crippen LogP contribution in [0.3, 0.4) is 0 Å². The maximum Gasteiger partial charge on any atom is 0.303 e. The number of nitrogens with two attached hydrogens (primary N) is 1. The van der Waals surface area contributed by atoms with Gasteiger partial charge in [-0.05, 0) is 12.3 Å². The SMILES string of the molecule is C[C@H](CCC(=O)O)CC(N)=O.